The fourth-order valence-electron chi connectivity index (χ4n) is 3.79. The summed E-state index contributed by atoms with van der Waals surface area (Å²) in [6, 6.07) is 19.7. The van der Waals surface area contributed by atoms with Gasteiger partial charge in [-0.05, 0) is 42.0 Å². The van der Waals surface area contributed by atoms with Crippen molar-refractivity contribution in [1.82, 2.24) is 0 Å². The van der Waals surface area contributed by atoms with Gasteiger partial charge in [0.1, 0.15) is 17.3 Å². The number of hydrogen-bond acceptors (Lipinski definition) is 5. The van der Waals surface area contributed by atoms with Gasteiger partial charge in [-0.1, -0.05) is 41.9 Å². The normalized spacial score (nSPS) is 17.5. The molecule has 7 heteroatoms. The van der Waals surface area contributed by atoms with Crippen LogP contribution in [0.1, 0.15) is 17.2 Å². The number of anilines is 1. The van der Waals surface area contributed by atoms with E-state index in [1.807, 2.05) is 18.2 Å². The molecule has 162 valence electrons. The van der Waals surface area contributed by atoms with E-state index in [1.54, 1.807) is 54.6 Å². The average molecular weight is 450 g/mol. The molecule has 0 spiro atoms. The van der Waals surface area contributed by atoms with Crippen LogP contribution in [-0.2, 0) is 9.59 Å². The van der Waals surface area contributed by atoms with E-state index in [-0.39, 0.29) is 16.9 Å². The van der Waals surface area contributed by atoms with Crippen molar-refractivity contribution < 1.29 is 24.2 Å². The molecule has 0 bridgehead atoms. The van der Waals surface area contributed by atoms with Crippen molar-refractivity contribution in [2.24, 2.45) is 0 Å². The van der Waals surface area contributed by atoms with Gasteiger partial charge in [-0.25, -0.2) is 0 Å². The van der Waals surface area contributed by atoms with Crippen LogP contribution in [0.25, 0.3) is 5.76 Å². The summed E-state index contributed by atoms with van der Waals surface area (Å²) >= 11 is 6.01. The Morgan fingerprint density at radius 1 is 0.938 bits per heavy atom. The maximum atomic E-state index is 13.2. The predicted molar refractivity (Wildman–Crippen MR) is 122 cm³/mol. The lowest BCUT2D eigenvalue weighted by molar-refractivity contribution is -0.132. The highest BCUT2D eigenvalue weighted by atomic mass is 35.5. The summed E-state index contributed by atoms with van der Waals surface area (Å²) in [5.74, 6) is -1.02. The lowest BCUT2D eigenvalue weighted by atomic mass is 9.95. The molecule has 0 saturated carbocycles. The van der Waals surface area contributed by atoms with Gasteiger partial charge in [0.15, 0.2) is 0 Å². The fourth-order valence-corrected chi connectivity index (χ4v) is 3.92. The summed E-state index contributed by atoms with van der Waals surface area (Å²) < 4.78 is 10.6. The molecule has 4 rings (SSSR count). The quantitative estimate of drug-likeness (QED) is 0.337. The number of aliphatic hydroxyl groups is 1. The third kappa shape index (κ3) is 3.69. The number of nitrogens with zero attached hydrogens (tertiary/aromatic N) is 1. The number of Topliss-reactive ketones (excluding diaryl/α,β-unsaturated/α-hetero) is 1. The number of carbonyl (C=O) groups is 2. The van der Waals surface area contributed by atoms with Crippen LogP contribution in [0.3, 0.4) is 0 Å². The zero-order valence-corrected chi connectivity index (χ0v) is 18.2. The molecule has 6 nitrogen and oxygen atoms in total. The van der Waals surface area contributed by atoms with Gasteiger partial charge in [-0.2, -0.15) is 0 Å². The fraction of sp³-hybridized carbons (Fsp3) is 0.120. The highest BCUT2D eigenvalue weighted by Crippen LogP contribution is 2.43. The zero-order valence-electron chi connectivity index (χ0n) is 17.4. The number of ether oxygens (including phenoxy) is 2. The smallest absolute Gasteiger partial charge is 0.300 e. The minimum Gasteiger partial charge on any atom is -0.507 e. The van der Waals surface area contributed by atoms with Gasteiger partial charge in [0.05, 0.1) is 31.4 Å². The number of benzene rings is 3. The van der Waals surface area contributed by atoms with Crippen LogP contribution in [0.4, 0.5) is 5.69 Å². The summed E-state index contributed by atoms with van der Waals surface area (Å²) in [5.41, 5.74) is 1.42. The number of amides is 1. The maximum Gasteiger partial charge on any atom is 0.300 e. The molecule has 1 fully saturated rings. The SMILES string of the molecule is COc1ccc(/C(O)=C2/C(=O)C(=O)N(c3ccc(Cl)cc3)C2c2ccccc2)c(OC)c1. The molecule has 3 aromatic carbocycles. The molecule has 1 atom stereocenters. The monoisotopic (exact) mass is 449 g/mol. The molecule has 1 amide bonds. The van der Waals surface area contributed by atoms with Crippen molar-refractivity contribution in [3.63, 3.8) is 0 Å². The van der Waals surface area contributed by atoms with Crippen LogP contribution < -0.4 is 14.4 Å². The number of aliphatic hydroxyl groups excluding tert-OH is 1. The summed E-state index contributed by atoms with van der Waals surface area (Å²) in [6.07, 6.45) is 0. The second-order valence-corrected chi connectivity index (χ2v) is 7.56. The van der Waals surface area contributed by atoms with Gasteiger partial charge >= 0.3 is 0 Å². The second-order valence-electron chi connectivity index (χ2n) is 7.12. The van der Waals surface area contributed by atoms with Crippen LogP contribution in [0.5, 0.6) is 11.5 Å². The summed E-state index contributed by atoms with van der Waals surface area (Å²) in [7, 11) is 2.97. The molecule has 1 saturated heterocycles. The van der Waals surface area contributed by atoms with E-state index in [0.29, 0.717) is 27.8 Å². The van der Waals surface area contributed by atoms with E-state index in [2.05, 4.69) is 0 Å². The molecule has 0 aromatic heterocycles. The number of methoxy groups -OCH3 is 2. The van der Waals surface area contributed by atoms with Crippen LogP contribution in [0, 0.1) is 0 Å². The van der Waals surface area contributed by atoms with E-state index in [0.717, 1.165) is 0 Å². The first kappa shape index (κ1) is 21.5. The highest BCUT2D eigenvalue weighted by Gasteiger charge is 2.47. The number of ketones is 1. The summed E-state index contributed by atoms with van der Waals surface area (Å²) in [4.78, 5) is 27.7. The van der Waals surface area contributed by atoms with Crippen molar-refractivity contribution in [2.75, 3.05) is 19.1 Å². The van der Waals surface area contributed by atoms with E-state index >= 15 is 0 Å². The Kier molecular flexibility index (Phi) is 5.88. The third-order valence-electron chi connectivity index (χ3n) is 5.33. The number of halogens is 1. The van der Waals surface area contributed by atoms with Crippen LogP contribution in [0.15, 0.2) is 78.4 Å². The van der Waals surface area contributed by atoms with Crippen molar-refractivity contribution in [3.05, 3.63) is 94.5 Å². The predicted octanol–water partition coefficient (Wildman–Crippen LogP) is 4.98. The number of hydrogen-bond donors (Lipinski definition) is 1. The van der Waals surface area contributed by atoms with Crippen molar-refractivity contribution in [1.29, 1.82) is 0 Å². The molecule has 1 aliphatic heterocycles. The summed E-state index contributed by atoms with van der Waals surface area (Å²) in [5, 5.41) is 11.8. The number of carbonyl (C=O) groups excluding carboxylic acids is 2. The van der Waals surface area contributed by atoms with Gasteiger partial charge < -0.3 is 14.6 Å². The lowest BCUT2D eigenvalue weighted by Crippen LogP contribution is -2.29. The Labute approximate surface area is 190 Å². The average Bonchev–Trinajstić information content (AvgIpc) is 3.09. The zero-order chi connectivity index (χ0) is 22.8. The molecule has 1 heterocycles. The van der Waals surface area contributed by atoms with E-state index in [4.69, 9.17) is 21.1 Å². The first-order valence-electron chi connectivity index (χ1n) is 9.80. The Morgan fingerprint density at radius 3 is 2.25 bits per heavy atom. The maximum absolute atomic E-state index is 13.2. The highest BCUT2D eigenvalue weighted by molar-refractivity contribution is 6.51. The van der Waals surface area contributed by atoms with Crippen LogP contribution in [-0.4, -0.2) is 31.0 Å². The molecule has 0 radical (unpaired) electrons. The largest absolute Gasteiger partial charge is 0.507 e. The molecule has 0 aliphatic carbocycles. The third-order valence-corrected chi connectivity index (χ3v) is 5.58. The molecule has 1 unspecified atom stereocenters. The topological polar surface area (TPSA) is 76.1 Å². The van der Waals surface area contributed by atoms with E-state index in [1.165, 1.54) is 19.1 Å². The van der Waals surface area contributed by atoms with E-state index in [9.17, 15) is 14.7 Å². The standard InChI is InChI=1S/C25H20ClNO5/c1-31-18-12-13-19(20(14-18)32-2)23(28)21-22(15-6-4-3-5-7-15)27(25(30)24(21)29)17-10-8-16(26)9-11-17/h3-14,22,28H,1-2H3/b23-21-. The van der Waals surface area contributed by atoms with Gasteiger partial charge in [0, 0.05) is 16.8 Å². The van der Waals surface area contributed by atoms with Gasteiger partial charge in [-0.15, -0.1) is 0 Å². The van der Waals surface area contributed by atoms with Gasteiger partial charge in [0.25, 0.3) is 11.7 Å². The number of rotatable bonds is 5. The molecule has 32 heavy (non-hydrogen) atoms. The molecular weight excluding hydrogens is 430 g/mol. The van der Waals surface area contributed by atoms with E-state index < -0.39 is 17.7 Å². The van der Waals surface area contributed by atoms with Gasteiger partial charge in [-0.3, -0.25) is 14.5 Å². The lowest BCUT2D eigenvalue weighted by Gasteiger charge is -2.25. The minimum absolute atomic E-state index is 0.0281. The summed E-state index contributed by atoms with van der Waals surface area (Å²) in [6.45, 7) is 0. The Balaban J connectivity index is 1.95. The Bertz CT molecular complexity index is 1200. The molecular formula is C25H20ClNO5. The molecule has 1 aliphatic rings. The van der Waals surface area contributed by atoms with Crippen molar-refractivity contribution in [3.8, 4) is 11.5 Å². The molecule has 3 aromatic rings. The van der Waals surface area contributed by atoms with Gasteiger partial charge in [0.2, 0.25) is 0 Å². The van der Waals surface area contributed by atoms with Crippen molar-refractivity contribution in [2.45, 2.75) is 6.04 Å². The van der Waals surface area contributed by atoms with Crippen LogP contribution >= 0.6 is 11.6 Å². The minimum atomic E-state index is -0.829. The first-order valence-corrected chi connectivity index (χ1v) is 10.2. The Morgan fingerprint density at radius 2 is 1.62 bits per heavy atom. The first-order chi connectivity index (χ1) is 15.5. The second kappa shape index (κ2) is 8.77. The molecule has 1 N–H and O–H groups in total. The van der Waals surface area contributed by atoms with Crippen LogP contribution in [0.2, 0.25) is 5.02 Å². The van der Waals surface area contributed by atoms with Crippen molar-refractivity contribution >= 4 is 34.7 Å². The Hall–Kier alpha value is -3.77.